The van der Waals surface area contributed by atoms with E-state index in [1.807, 2.05) is 20.8 Å². The number of ether oxygens (including phenoxy) is 4. The van der Waals surface area contributed by atoms with Crippen molar-refractivity contribution in [1.29, 1.82) is 0 Å². The number of carbonyl (C=O) groups excluding carboxylic acids is 1. The van der Waals surface area contributed by atoms with Gasteiger partial charge < -0.3 is 29.0 Å². The zero-order chi connectivity index (χ0) is 19.4. The Kier molecular flexibility index (Phi) is 10.0. The number of carbonyl (C=O) groups is 1. The van der Waals surface area contributed by atoms with Crippen LogP contribution < -0.4 is 0 Å². The monoisotopic (exact) mass is 369 g/mol. The molecule has 0 spiro atoms. The van der Waals surface area contributed by atoms with E-state index in [0.717, 1.165) is 5.56 Å². The van der Waals surface area contributed by atoms with Gasteiger partial charge in [0.25, 0.3) is 0 Å². The highest BCUT2D eigenvalue weighted by molar-refractivity contribution is 5.68. The lowest BCUT2D eigenvalue weighted by molar-refractivity contribution is 0.00425. The van der Waals surface area contributed by atoms with Crippen LogP contribution in [-0.4, -0.2) is 68.4 Å². The predicted molar refractivity (Wildman–Crippen MR) is 98.3 cm³/mol. The molecule has 0 aliphatic carbocycles. The lowest BCUT2D eigenvalue weighted by Gasteiger charge is -2.27. The smallest absolute Gasteiger partial charge is 0.410 e. The van der Waals surface area contributed by atoms with Crippen molar-refractivity contribution in [1.82, 2.24) is 4.90 Å². The van der Waals surface area contributed by atoms with Gasteiger partial charge in [-0.15, -0.1) is 0 Å². The van der Waals surface area contributed by atoms with Crippen LogP contribution in [-0.2, 0) is 25.5 Å². The molecule has 7 heteroatoms. The molecular formula is C19H31NO6. The summed E-state index contributed by atoms with van der Waals surface area (Å²) in [5, 5.41) is 9.39. The number of amides is 1. The second-order valence-corrected chi connectivity index (χ2v) is 6.79. The molecular weight excluding hydrogens is 338 g/mol. The van der Waals surface area contributed by atoms with Gasteiger partial charge in [0.2, 0.25) is 0 Å². The largest absolute Gasteiger partial charge is 0.508 e. The molecule has 0 aliphatic heterocycles. The average Bonchev–Trinajstić information content (AvgIpc) is 2.56. The first-order valence-electron chi connectivity index (χ1n) is 8.72. The van der Waals surface area contributed by atoms with Crippen molar-refractivity contribution in [3.63, 3.8) is 0 Å². The molecule has 1 amide bonds. The molecule has 0 bridgehead atoms. The summed E-state index contributed by atoms with van der Waals surface area (Å²) in [6, 6.07) is 6.74. The Hall–Kier alpha value is -1.83. The van der Waals surface area contributed by atoms with Gasteiger partial charge in [-0.1, -0.05) is 12.1 Å². The zero-order valence-corrected chi connectivity index (χ0v) is 16.2. The van der Waals surface area contributed by atoms with Crippen molar-refractivity contribution in [2.45, 2.75) is 32.9 Å². The maximum absolute atomic E-state index is 12.4. The number of benzene rings is 1. The molecule has 0 fully saturated rings. The van der Waals surface area contributed by atoms with Crippen LogP contribution in [0.25, 0.3) is 0 Å². The Morgan fingerprint density at radius 1 is 1.00 bits per heavy atom. The number of phenolic OH excluding ortho intramolecular Hbond substituents is 1. The van der Waals surface area contributed by atoms with Crippen LogP contribution in [0, 0.1) is 0 Å². The highest BCUT2D eigenvalue weighted by atomic mass is 16.6. The van der Waals surface area contributed by atoms with Crippen molar-refractivity contribution in [2.24, 2.45) is 0 Å². The number of hydrogen-bond donors (Lipinski definition) is 1. The molecule has 1 aromatic carbocycles. The molecule has 7 nitrogen and oxygen atoms in total. The van der Waals surface area contributed by atoms with Gasteiger partial charge in [0.05, 0.1) is 33.0 Å². The summed E-state index contributed by atoms with van der Waals surface area (Å²) in [6.07, 6.45) is -0.398. The van der Waals surface area contributed by atoms with Crippen molar-refractivity contribution in [3.8, 4) is 5.75 Å². The van der Waals surface area contributed by atoms with E-state index < -0.39 is 11.7 Å². The highest BCUT2D eigenvalue weighted by Gasteiger charge is 2.22. The number of hydrogen-bond acceptors (Lipinski definition) is 6. The van der Waals surface area contributed by atoms with Crippen LogP contribution in [0.3, 0.4) is 0 Å². The van der Waals surface area contributed by atoms with Crippen molar-refractivity contribution in [3.05, 3.63) is 29.8 Å². The van der Waals surface area contributed by atoms with E-state index in [0.29, 0.717) is 46.1 Å². The Bertz CT molecular complexity index is 512. The molecule has 0 aromatic heterocycles. The summed E-state index contributed by atoms with van der Waals surface area (Å²) in [5.41, 5.74) is 0.330. The number of rotatable bonds is 11. The minimum atomic E-state index is -0.569. The van der Waals surface area contributed by atoms with E-state index >= 15 is 0 Å². The Morgan fingerprint density at radius 2 is 1.58 bits per heavy atom. The summed E-state index contributed by atoms with van der Waals surface area (Å²) in [5.74, 6) is 0.189. The van der Waals surface area contributed by atoms with Gasteiger partial charge in [-0.25, -0.2) is 4.79 Å². The topological polar surface area (TPSA) is 77.5 Å². The summed E-state index contributed by atoms with van der Waals surface area (Å²) in [7, 11) is 1.62. The van der Waals surface area contributed by atoms with Crippen LogP contribution in [0.4, 0.5) is 4.79 Å². The fraction of sp³-hybridized carbons (Fsp3) is 0.632. The molecule has 0 atom stereocenters. The quantitative estimate of drug-likeness (QED) is 0.605. The zero-order valence-electron chi connectivity index (χ0n) is 16.2. The lowest BCUT2D eigenvalue weighted by Crippen LogP contribution is -2.38. The van der Waals surface area contributed by atoms with Gasteiger partial charge in [-0.3, -0.25) is 0 Å². The molecule has 148 valence electrons. The molecule has 1 rings (SSSR count). The van der Waals surface area contributed by atoms with Gasteiger partial charge in [0, 0.05) is 20.2 Å². The number of aromatic hydroxyl groups is 1. The maximum Gasteiger partial charge on any atom is 0.410 e. The first-order chi connectivity index (χ1) is 12.3. The Balaban J connectivity index is 2.47. The van der Waals surface area contributed by atoms with E-state index in [2.05, 4.69) is 0 Å². The average molecular weight is 369 g/mol. The summed E-state index contributed by atoms with van der Waals surface area (Å²) in [4.78, 5) is 14.0. The molecule has 26 heavy (non-hydrogen) atoms. The normalized spacial score (nSPS) is 11.4. The minimum absolute atomic E-state index is 0.189. The third-order valence-corrected chi connectivity index (χ3v) is 3.27. The summed E-state index contributed by atoms with van der Waals surface area (Å²) >= 11 is 0. The predicted octanol–water partition coefficient (Wildman–Crippen LogP) is 2.81. The van der Waals surface area contributed by atoms with Gasteiger partial charge in [0.1, 0.15) is 11.4 Å². The number of nitrogens with zero attached hydrogens (tertiary/aromatic N) is 1. The fourth-order valence-electron chi connectivity index (χ4n) is 2.02. The van der Waals surface area contributed by atoms with E-state index in [1.54, 1.807) is 36.3 Å². The van der Waals surface area contributed by atoms with Gasteiger partial charge in [-0.05, 0) is 38.5 Å². The van der Waals surface area contributed by atoms with Crippen LogP contribution in [0.5, 0.6) is 5.75 Å². The minimum Gasteiger partial charge on any atom is -0.508 e. The maximum atomic E-state index is 12.4. The van der Waals surface area contributed by atoms with Gasteiger partial charge >= 0.3 is 6.09 Å². The highest BCUT2D eigenvalue weighted by Crippen LogP contribution is 2.15. The number of phenols is 1. The molecule has 0 heterocycles. The molecule has 0 radical (unpaired) electrons. The van der Waals surface area contributed by atoms with Crippen LogP contribution >= 0.6 is 0 Å². The van der Waals surface area contributed by atoms with Crippen molar-refractivity contribution < 1.29 is 28.8 Å². The van der Waals surface area contributed by atoms with E-state index in [4.69, 9.17) is 18.9 Å². The standard InChI is InChI=1S/C19H31NO6/c1-19(2,3)26-18(22)20(15-16-5-7-17(21)8-6-16)9-10-24-13-14-25-12-11-23-4/h5-8,21H,9-15H2,1-4H3. The van der Waals surface area contributed by atoms with E-state index in [9.17, 15) is 9.90 Å². The Morgan fingerprint density at radius 3 is 2.15 bits per heavy atom. The van der Waals surface area contributed by atoms with Crippen LogP contribution in [0.1, 0.15) is 26.3 Å². The molecule has 0 saturated carbocycles. The lowest BCUT2D eigenvalue weighted by atomic mass is 10.2. The second kappa shape index (κ2) is 11.7. The molecule has 1 aromatic rings. The van der Waals surface area contributed by atoms with Gasteiger partial charge in [-0.2, -0.15) is 0 Å². The summed E-state index contributed by atoms with van der Waals surface area (Å²) < 4.78 is 21.2. The summed E-state index contributed by atoms with van der Waals surface area (Å²) in [6.45, 7) is 8.66. The van der Waals surface area contributed by atoms with Crippen LogP contribution in [0.15, 0.2) is 24.3 Å². The SMILES string of the molecule is COCCOCCOCCN(Cc1ccc(O)cc1)C(=O)OC(C)(C)C. The number of methoxy groups -OCH3 is 1. The molecule has 0 aliphatic rings. The van der Waals surface area contributed by atoms with Crippen LogP contribution in [0.2, 0.25) is 0 Å². The van der Waals surface area contributed by atoms with Gasteiger partial charge in [0.15, 0.2) is 0 Å². The Labute approximate surface area is 155 Å². The third-order valence-electron chi connectivity index (χ3n) is 3.27. The van der Waals surface area contributed by atoms with E-state index in [1.165, 1.54) is 0 Å². The fourth-order valence-corrected chi connectivity index (χ4v) is 2.02. The van der Waals surface area contributed by atoms with Crippen molar-refractivity contribution >= 4 is 6.09 Å². The molecule has 0 saturated heterocycles. The first-order valence-corrected chi connectivity index (χ1v) is 8.72. The first kappa shape index (κ1) is 22.2. The molecule has 0 unspecified atom stereocenters. The van der Waals surface area contributed by atoms with Crippen molar-refractivity contribution in [2.75, 3.05) is 46.7 Å². The second-order valence-electron chi connectivity index (χ2n) is 6.79. The third kappa shape index (κ3) is 10.2. The van der Waals surface area contributed by atoms with E-state index in [-0.39, 0.29) is 5.75 Å². The molecule has 1 N–H and O–H groups in total.